The van der Waals surface area contributed by atoms with Crippen molar-refractivity contribution in [3.05, 3.63) is 30.1 Å². The Morgan fingerprint density at radius 3 is 2.53 bits per heavy atom. The highest BCUT2D eigenvalue weighted by atomic mass is 16.5. The highest BCUT2D eigenvalue weighted by Gasteiger charge is 2.21. The van der Waals surface area contributed by atoms with E-state index in [4.69, 9.17) is 0 Å². The third kappa shape index (κ3) is 3.16. The van der Waals surface area contributed by atoms with Gasteiger partial charge in [-0.2, -0.15) is 0 Å². The molecule has 0 aliphatic rings. The van der Waals surface area contributed by atoms with Crippen LogP contribution in [0.3, 0.4) is 0 Å². The second-order valence-electron chi connectivity index (χ2n) is 3.24. The summed E-state index contributed by atoms with van der Waals surface area (Å²) in [5, 5.41) is 0. The van der Waals surface area contributed by atoms with Crippen LogP contribution in [0.15, 0.2) is 24.5 Å². The van der Waals surface area contributed by atoms with Crippen molar-refractivity contribution in [2.75, 3.05) is 7.11 Å². The Labute approximate surface area is 88.3 Å². The normalized spacial score (nSPS) is 11.9. The maximum absolute atomic E-state index is 11.6. The first-order valence-corrected chi connectivity index (χ1v) is 4.64. The standard InChI is InChI=1S/C11H13NO3/c1-8(11(14)15-2)10(13)7-9-3-5-12-6-4-9/h3-6,8H,7H2,1-2H3. The van der Waals surface area contributed by atoms with E-state index in [2.05, 4.69) is 9.72 Å². The SMILES string of the molecule is COC(=O)C(C)C(=O)Cc1ccncc1. The fourth-order valence-electron chi connectivity index (χ4n) is 1.16. The molecular formula is C11H13NO3. The van der Waals surface area contributed by atoms with Crippen LogP contribution in [0, 0.1) is 5.92 Å². The monoisotopic (exact) mass is 207 g/mol. The summed E-state index contributed by atoms with van der Waals surface area (Å²) in [5.74, 6) is -1.34. The Morgan fingerprint density at radius 2 is 2.00 bits per heavy atom. The summed E-state index contributed by atoms with van der Waals surface area (Å²) in [4.78, 5) is 26.5. The zero-order chi connectivity index (χ0) is 11.3. The number of hydrogen-bond donors (Lipinski definition) is 0. The van der Waals surface area contributed by atoms with E-state index in [0.29, 0.717) is 0 Å². The van der Waals surface area contributed by atoms with Crippen LogP contribution in [0.1, 0.15) is 12.5 Å². The number of hydrogen-bond acceptors (Lipinski definition) is 4. The van der Waals surface area contributed by atoms with Crippen molar-refractivity contribution >= 4 is 11.8 Å². The summed E-state index contributed by atoms with van der Waals surface area (Å²) < 4.78 is 4.50. The number of nitrogens with zero attached hydrogens (tertiary/aromatic N) is 1. The van der Waals surface area contributed by atoms with Gasteiger partial charge in [-0.05, 0) is 24.6 Å². The molecule has 0 radical (unpaired) electrons. The molecule has 1 aromatic rings. The van der Waals surface area contributed by atoms with Crippen molar-refractivity contribution in [2.24, 2.45) is 5.92 Å². The minimum Gasteiger partial charge on any atom is -0.468 e. The summed E-state index contributed by atoms with van der Waals surface area (Å²) in [6.45, 7) is 1.55. The molecule has 1 aromatic heterocycles. The largest absolute Gasteiger partial charge is 0.468 e. The van der Waals surface area contributed by atoms with E-state index in [1.165, 1.54) is 7.11 Å². The van der Waals surface area contributed by atoms with Crippen LogP contribution < -0.4 is 0 Å². The van der Waals surface area contributed by atoms with Gasteiger partial charge in [0.05, 0.1) is 7.11 Å². The van der Waals surface area contributed by atoms with Crippen LogP contribution in [0.4, 0.5) is 0 Å². The summed E-state index contributed by atoms with van der Waals surface area (Å²) in [5.41, 5.74) is 0.853. The van der Waals surface area contributed by atoms with Crippen LogP contribution >= 0.6 is 0 Å². The van der Waals surface area contributed by atoms with E-state index in [1.807, 2.05) is 0 Å². The van der Waals surface area contributed by atoms with E-state index in [0.717, 1.165) is 5.56 Å². The molecule has 0 saturated carbocycles. The number of aromatic nitrogens is 1. The Hall–Kier alpha value is -1.71. The first-order valence-electron chi connectivity index (χ1n) is 4.64. The van der Waals surface area contributed by atoms with Gasteiger partial charge in [0.25, 0.3) is 0 Å². The average Bonchev–Trinajstić information content (AvgIpc) is 2.28. The van der Waals surface area contributed by atoms with Crippen LogP contribution in [0.2, 0.25) is 0 Å². The highest BCUT2D eigenvalue weighted by molar-refractivity contribution is 5.99. The van der Waals surface area contributed by atoms with Gasteiger partial charge in [-0.3, -0.25) is 14.6 Å². The Bertz CT molecular complexity index is 348. The quantitative estimate of drug-likeness (QED) is 0.546. The minimum absolute atomic E-state index is 0.145. The van der Waals surface area contributed by atoms with Gasteiger partial charge in [-0.1, -0.05) is 0 Å². The molecule has 0 saturated heterocycles. The molecule has 0 aromatic carbocycles. The number of Topliss-reactive ketones (excluding diaryl/α,β-unsaturated/α-hetero) is 1. The topological polar surface area (TPSA) is 56.3 Å². The number of esters is 1. The van der Waals surface area contributed by atoms with Crippen molar-refractivity contribution in [3.8, 4) is 0 Å². The highest BCUT2D eigenvalue weighted by Crippen LogP contribution is 2.06. The lowest BCUT2D eigenvalue weighted by atomic mass is 10.0. The van der Waals surface area contributed by atoms with Gasteiger partial charge in [0.1, 0.15) is 5.92 Å². The van der Waals surface area contributed by atoms with Crippen molar-refractivity contribution in [1.29, 1.82) is 0 Å². The number of carbonyl (C=O) groups excluding carboxylic acids is 2. The smallest absolute Gasteiger partial charge is 0.315 e. The lowest BCUT2D eigenvalue weighted by Crippen LogP contribution is -2.23. The van der Waals surface area contributed by atoms with Gasteiger partial charge in [0, 0.05) is 18.8 Å². The number of pyridine rings is 1. The number of ketones is 1. The van der Waals surface area contributed by atoms with Gasteiger partial charge >= 0.3 is 5.97 Å². The van der Waals surface area contributed by atoms with Crippen LogP contribution in [-0.4, -0.2) is 23.8 Å². The minimum atomic E-state index is -0.705. The molecule has 0 N–H and O–H groups in total. The van der Waals surface area contributed by atoms with E-state index < -0.39 is 11.9 Å². The molecule has 0 spiro atoms. The second-order valence-corrected chi connectivity index (χ2v) is 3.24. The van der Waals surface area contributed by atoms with Gasteiger partial charge in [0.2, 0.25) is 0 Å². The molecule has 1 unspecified atom stereocenters. The Morgan fingerprint density at radius 1 is 1.40 bits per heavy atom. The predicted octanol–water partition coefficient (Wildman–Crippen LogP) is 1.00. The third-order valence-electron chi connectivity index (χ3n) is 2.17. The van der Waals surface area contributed by atoms with Crippen LogP contribution in [0.25, 0.3) is 0 Å². The van der Waals surface area contributed by atoms with Gasteiger partial charge in [0.15, 0.2) is 5.78 Å². The maximum atomic E-state index is 11.6. The molecule has 4 heteroatoms. The molecule has 1 rings (SSSR count). The fourth-order valence-corrected chi connectivity index (χ4v) is 1.16. The second kappa shape index (κ2) is 5.24. The Balaban J connectivity index is 2.60. The molecule has 0 bridgehead atoms. The molecule has 1 heterocycles. The molecule has 80 valence electrons. The fraction of sp³-hybridized carbons (Fsp3) is 0.364. The maximum Gasteiger partial charge on any atom is 0.315 e. The lowest BCUT2D eigenvalue weighted by Gasteiger charge is -2.07. The molecule has 0 fully saturated rings. The van der Waals surface area contributed by atoms with Crippen LogP contribution in [0.5, 0.6) is 0 Å². The summed E-state index contributed by atoms with van der Waals surface area (Å²) in [7, 11) is 1.28. The van der Waals surface area contributed by atoms with Crippen molar-refractivity contribution in [3.63, 3.8) is 0 Å². The molecular weight excluding hydrogens is 194 g/mol. The summed E-state index contributed by atoms with van der Waals surface area (Å²) in [6, 6.07) is 3.50. The van der Waals surface area contributed by atoms with Crippen molar-refractivity contribution in [1.82, 2.24) is 4.98 Å². The predicted molar refractivity (Wildman–Crippen MR) is 54.1 cm³/mol. The zero-order valence-electron chi connectivity index (χ0n) is 8.77. The number of rotatable bonds is 4. The zero-order valence-corrected chi connectivity index (χ0v) is 8.77. The summed E-state index contributed by atoms with van der Waals surface area (Å²) in [6.07, 6.45) is 3.47. The van der Waals surface area contributed by atoms with Crippen molar-refractivity contribution in [2.45, 2.75) is 13.3 Å². The lowest BCUT2D eigenvalue weighted by molar-refractivity contribution is -0.148. The van der Waals surface area contributed by atoms with Crippen LogP contribution in [-0.2, 0) is 20.7 Å². The third-order valence-corrected chi connectivity index (χ3v) is 2.17. The average molecular weight is 207 g/mol. The molecule has 1 atom stereocenters. The van der Waals surface area contributed by atoms with E-state index in [-0.39, 0.29) is 12.2 Å². The molecule has 0 aliphatic carbocycles. The van der Waals surface area contributed by atoms with Crippen molar-refractivity contribution < 1.29 is 14.3 Å². The van der Waals surface area contributed by atoms with Gasteiger partial charge < -0.3 is 4.74 Å². The first-order chi connectivity index (χ1) is 7.15. The van der Waals surface area contributed by atoms with Gasteiger partial charge in [-0.25, -0.2) is 0 Å². The van der Waals surface area contributed by atoms with E-state index in [1.54, 1.807) is 31.5 Å². The van der Waals surface area contributed by atoms with E-state index in [9.17, 15) is 9.59 Å². The molecule has 0 aliphatic heterocycles. The molecule has 4 nitrogen and oxygen atoms in total. The molecule has 15 heavy (non-hydrogen) atoms. The van der Waals surface area contributed by atoms with E-state index >= 15 is 0 Å². The number of ether oxygens (including phenoxy) is 1. The molecule has 0 amide bonds. The number of methoxy groups -OCH3 is 1. The Kier molecular flexibility index (Phi) is 3.97. The first kappa shape index (κ1) is 11.4. The summed E-state index contributed by atoms with van der Waals surface area (Å²) >= 11 is 0. The number of carbonyl (C=O) groups is 2. The van der Waals surface area contributed by atoms with Gasteiger partial charge in [-0.15, -0.1) is 0 Å².